The van der Waals surface area contributed by atoms with Gasteiger partial charge in [-0.2, -0.15) is 18.2 Å². The molecular weight excluding hydrogens is 465 g/mol. The normalized spacial score (nSPS) is 16.6. The molecule has 0 unspecified atom stereocenters. The molecule has 0 radical (unpaired) electrons. The third-order valence-electron chi connectivity index (χ3n) is 5.78. The van der Waals surface area contributed by atoms with Crippen LogP contribution in [0.25, 0.3) is 0 Å². The number of anilines is 2. The Labute approximate surface area is 200 Å². The Bertz CT molecular complexity index is 1070. The molecule has 2 N–H and O–H groups in total. The van der Waals surface area contributed by atoms with E-state index in [0.717, 1.165) is 25.9 Å². The molecule has 9 nitrogen and oxygen atoms in total. The number of pyridine rings is 2. The van der Waals surface area contributed by atoms with E-state index >= 15 is 0 Å². The summed E-state index contributed by atoms with van der Waals surface area (Å²) in [5.41, 5.74) is 0.976. The first-order chi connectivity index (χ1) is 16.7. The lowest BCUT2D eigenvalue weighted by Gasteiger charge is -2.34. The molecular formula is C23H27F3N6O3. The molecule has 4 rings (SSSR count). The fourth-order valence-electron chi connectivity index (χ4n) is 3.62. The second-order valence-electron chi connectivity index (χ2n) is 8.70. The Morgan fingerprint density at radius 1 is 1.14 bits per heavy atom. The van der Waals surface area contributed by atoms with Gasteiger partial charge in [-0.1, -0.05) is 0 Å². The molecule has 3 heterocycles. The van der Waals surface area contributed by atoms with Gasteiger partial charge in [-0.15, -0.1) is 0 Å². The van der Waals surface area contributed by atoms with Crippen LogP contribution in [0.3, 0.4) is 0 Å². The zero-order chi connectivity index (χ0) is 25.0. The van der Waals surface area contributed by atoms with Crippen molar-refractivity contribution in [1.29, 1.82) is 0 Å². The SMILES string of the molecule is CN1CCN(c2nc(OCC(F)(F)F)ccc2CNC(=O)c2ccnc(NC(=O)C3CC3)c2)CC1. The molecule has 1 saturated carbocycles. The first kappa shape index (κ1) is 24.7. The summed E-state index contributed by atoms with van der Waals surface area (Å²) in [4.78, 5) is 37.3. The summed E-state index contributed by atoms with van der Waals surface area (Å²) in [5.74, 6) is 0.182. The van der Waals surface area contributed by atoms with E-state index in [2.05, 4.69) is 25.5 Å². The average Bonchev–Trinajstić information content (AvgIpc) is 3.67. The number of carbonyl (C=O) groups is 2. The first-order valence-corrected chi connectivity index (χ1v) is 11.4. The number of halogens is 3. The number of piperazine rings is 1. The van der Waals surface area contributed by atoms with Crippen LogP contribution < -0.4 is 20.3 Å². The number of carbonyl (C=O) groups excluding carboxylic acids is 2. The number of nitrogens with one attached hydrogen (secondary N) is 2. The minimum absolute atomic E-state index is 0.0119. The molecule has 0 bridgehead atoms. The Morgan fingerprint density at radius 2 is 1.89 bits per heavy atom. The second kappa shape index (κ2) is 10.5. The van der Waals surface area contributed by atoms with Crippen LogP contribution >= 0.6 is 0 Å². The third kappa shape index (κ3) is 7.04. The summed E-state index contributed by atoms with van der Waals surface area (Å²) >= 11 is 0. The highest BCUT2D eigenvalue weighted by molar-refractivity contribution is 5.97. The lowest BCUT2D eigenvalue weighted by Crippen LogP contribution is -2.45. The molecule has 12 heteroatoms. The second-order valence-corrected chi connectivity index (χ2v) is 8.70. The minimum Gasteiger partial charge on any atom is -0.468 e. The monoisotopic (exact) mass is 492 g/mol. The van der Waals surface area contributed by atoms with Gasteiger partial charge >= 0.3 is 6.18 Å². The molecule has 1 aliphatic carbocycles. The van der Waals surface area contributed by atoms with Crippen LogP contribution in [0.15, 0.2) is 30.5 Å². The highest BCUT2D eigenvalue weighted by atomic mass is 19.4. The molecule has 2 amide bonds. The number of amides is 2. The number of hydrogen-bond acceptors (Lipinski definition) is 7. The molecule has 2 fully saturated rings. The van der Waals surface area contributed by atoms with Gasteiger partial charge in [0.1, 0.15) is 11.6 Å². The highest BCUT2D eigenvalue weighted by Crippen LogP contribution is 2.30. The van der Waals surface area contributed by atoms with Crippen molar-refractivity contribution in [1.82, 2.24) is 20.2 Å². The zero-order valence-electron chi connectivity index (χ0n) is 19.3. The molecule has 35 heavy (non-hydrogen) atoms. The summed E-state index contributed by atoms with van der Waals surface area (Å²) in [7, 11) is 1.99. The first-order valence-electron chi connectivity index (χ1n) is 11.4. The zero-order valence-corrected chi connectivity index (χ0v) is 19.3. The predicted octanol–water partition coefficient (Wildman–Crippen LogP) is 2.45. The van der Waals surface area contributed by atoms with Crippen LogP contribution in [0, 0.1) is 5.92 Å². The van der Waals surface area contributed by atoms with Gasteiger partial charge in [0.2, 0.25) is 11.8 Å². The standard InChI is InChI=1S/C23H27F3N6O3/c1-31-8-10-32(11-9-31)20-17(4-5-19(30-20)35-14-23(24,25)26)13-28-21(33)16-6-7-27-18(12-16)29-22(34)15-2-3-15/h4-7,12,15H,2-3,8-11,13-14H2,1H3,(H,28,33)(H,27,29,34). The number of ether oxygens (including phenoxy) is 1. The lowest BCUT2D eigenvalue weighted by atomic mass is 10.2. The summed E-state index contributed by atoms with van der Waals surface area (Å²) in [6, 6.07) is 6.02. The van der Waals surface area contributed by atoms with Crippen LogP contribution in [0.4, 0.5) is 24.8 Å². The molecule has 0 atom stereocenters. The van der Waals surface area contributed by atoms with Crippen molar-refractivity contribution >= 4 is 23.5 Å². The molecule has 2 aromatic rings. The molecule has 0 spiro atoms. The molecule has 188 valence electrons. The Kier molecular flexibility index (Phi) is 7.39. The van der Waals surface area contributed by atoms with Crippen LogP contribution in [0.2, 0.25) is 0 Å². The van der Waals surface area contributed by atoms with E-state index in [9.17, 15) is 22.8 Å². The van der Waals surface area contributed by atoms with Gasteiger partial charge in [-0.3, -0.25) is 9.59 Å². The summed E-state index contributed by atoms with van der Waals surface area (Å²) < 4.78 is 42.6. The van der Waals surface area contributed by atoms with Crippen molar-refractivity contribution in [2.45, 2.75) is 25.6 Å². The smallest absolute Gasteiger partial charge is 0.422 e. The third-order valence-corrected chi connectivity index (χ3v) is 5.78. The average molecular weight is 493 g/mol. The Morgan fingerprint density at radius 3 is 2.57 bits per heavy atom. The minimum atomic E-state index is -4.47. The van der Waals surface area contributed by atoms with Gasteiger partial charge < -0.3 is 25.2 Å². The van der Waals surface area contributed by atoms with Crippen LogP contribution in [0.5, 0.6) is 5.88 Å². The van der Waals surface area contributed by atoms with E-state index < -0.39 is 12.8 Å². The predicted molar refractivity (Wildman–Crippen MR) is 122 cm³/mol. The molecule has 1 saturated heterocycles. The Balaban J connectivity index is 1.45. The summed E-state index contributed by atoms with van der Waals surface area (Å²) in [6.45, 7) is 1.50. The fraction of sp³-hybridized carbons (Fsp3) is 0.478. The van der Waals surface area contributed by atoms with Gasteiger partial charge in [0.05, 0.1) is 0 Å². The highest BCUT2D eigenvalue weighted by Gasteiger charge is 2.30. The van der Waals surface area contributed by atoms with Crippen molar-refractivity contribution in [2.24, 2.45) is 5.92 Å². The van der Waals surface area contributed by atoms with E-state index in [0.29, 0.717) is 35.9 Å². The van der Waals surface area contributed by atoms with E-state index in [1.165, 1.54) is 24.4 Å². The number of nitrogens with zero attached hydrogens (tertiary/aromatic N) is 4. The molecule has 2 aliphatic rings. The van der Waals surface area contributed by atoms with Crippen molar-refractivity contribution in [3.05, 3.63) is 41.6 Å². The molecule has 0 aromatic carbocycles. The largest absolute Gasteiger partial charge is 0.468 e. The molecule has 2 aromatic heterocycles. The van der Waals surface area contributed by atoms with Crippen molar-refractivity contribution < 1.29 is 27.5 Å². The number of hydrogen-bond donors (Lipinski definition) is 2. The van der Waals surface area contributed by atoms with E-state index in [4.69, 9.17) is 4.74 Å². The fourth-order valence-corrected chi connectivity index (χ4v) is 3.62. The van der Waals surface area contributed by atoms with Gasteiger partial charge in [0, 0.05) is 62.0 Å². The number of likely N-dealkylation sites (N-methyl/N-ethyl adjacent to an activating group) is 1. The molecule has 1 aliphatic heterocycles. The number of aromatic nitrogens is 2. The van der Waals surface area contributed by atoms with E-state index in [1.807, 2.05) is 11.9 Å². The van der Waals surface area contributed by atoms with Crippen molar-refractivity contribution in [3.8, 4) is 5.88 Å². The Hall–Kier alpha value is -3.41. The van der Waals surface area contributed by atoms with E-state index in [1.54, 1.807) is 6.07 Å². The van der Waals surface area contributed by atoms with Crippen LogP contribution in [-0.2, 0) is 11.3 Å². The number of rotatable bonds is 8. The van der Waals surface area contributed by atoms with E-state index in [-0.39, 0.29) is 30.2 Å². The maximum absolute atomic E-state index is 12.8. The van der Waals surface area contributed by atoms with Gasteiger partial charge in [0.25, 0.3) is 5.91 Å². The number of alkyl halides is 3. The summed E-state index contributed by atoms with van der Waals surface area (Å²) in [5, 5.41) is 5.53. The van der Waals surface area contributed by atoms with Gasteiger partial charge in [-0.05, 0) is 38.1 Å². The lowest BCUT2D eigenvalue weighted by molar-refractivity contribution is -0.154. The van der Waals surface area contributed by atoms with Gasteiger partial charge in [0.15, 0.2) is 6.61 Å². The van der Waals surface area contributed by atoms with Crippen molar-refractivity contribution in [3.63, 3.8) is 0 Å². The quantitative estimate of drug-likeness (QED) is 0.584. The summed E-state index contributed by atoms with van der Waals surface area (Å²) in [6.07, 6.45) is -1.31. The maximum Gasteiger partial charge on any atom is 0.422 e. The van der Waals surface area contributed by atoms with Crippen LogP contribution in [-0.4, -0.2) is 72.7 Å². The van der Waals surface area contributed by atoms with Crippen LogP contribution in [0.1, 0.15) is 28.8 Å². The topological polar surface area (TPSA) is 99.7 Å². The van der Waals surface area contributed by atoms with Gasteiger partial charge in [-0.25, -0.2) is 4.98 Å². The van der Waals surface area contributed by atoms with Crippen molar-refractivity contribution in [2.75, 3.05) is 50.1 Å². The maximum atomic E-state index is 12.8.